The van der Waals surface area contributed by atoms with Gasteiger partial charge in [-0.05, 0) is 23.6 Å². The van der Waals surface area contributed by atoms with E-state index in [2.05, 4.69) is 5.16 Å². The first-order chi connectivity index (χ1) is 8.25. The fourth-order valence-corrected chi connectivity index (χ4v) is 3.37. The molecule has 0 aliphatic heterocycles. The Hall–Kier alpha value is -1.30. The van der Waals surface area contributed by atoms with Gasteiger partial charge in [-0.2, -0.15) is 0 Å². The van der Waals surface area contributed by atoms with Crippen molar-refractivity contribution in [1.29, 1.82) is 0 Å². The molecule has 3 aromatic rings. The molecule has 17 heavy (non-hydrogen) atoms. The minimum absolute atomic E-state index is 0.409. The van der Waals surface area contributed by atoms with Crippen LogP contribution in [0.5, 0.6) is 0 Å². The van der Waals surface area contributed by atoms with Crippen molar-refractivity contribution < 1.29 is 4.52 Å². The maximum absolute atomic E-state index is 5.92. The van der Waals surface area contributed by atoms with Crippen molar-refractivity contribution in [2.75, 3.05) is 5.73 Å². The van der Waals surface area contributed by atoms with Gasteiger partial charge in [0.15, 0.2) is 11.6 Å². The highest BCUT2D eigenvalue weighted by molar-refractivity contribution is 7.19. The summed E-state index contributed by atoms with van der Waals surface area (Å²) in [4.78, 5) is 1.98. The highest BCUT2D eigenvalue weighted by Gasteiger charge is 2.19. The van der Waals surface area contributed by atoms with E-state index in [1.54, 1.807) is 11.3 Å². The number of halogens is 1. The normalized spacial score (nSPS) is 10.9. The first-order valence-electron chi connectivity index (χ1n) is 4.80. The average Bonchev–Trinajstić information content (AvgIpc) is 2.97. The summed E-state index contributed by atoms with van der Waals surface area (Å²) in [5.74, 6) is 1.09. The predicted octanol–water partition coefficient (Wildman–Crippen LogP) is 4.37. The van der Waals surface area contributed by atoms with Crippen molar-refractivity contribution >= 4 is 40.1 Å². The Morgan fingerprint density at radius 1 is 1.24 bits per heavy atom. The second kappa shape index (κ2) is 4.18. The molecule has 3 rings (SSSR count). The van der Waals surface area contributed by atoms with E-state index in [4.69, 9.17) is 21.9 Å². The maximum Gasteiger partial charge on any atom is 0.187 e. The van der Waals surface area contributed by atoms with Crippen molar-refractivity contribution in [2.45, 2.75) is 0 Å². The molecule has 0 spiro atoms. The Labute approximate surface area is 110 Å². The van der Waals surface area contributed by atoms with E-state index in [1.807, 2.05) is 29.6 Å². The number of thiophene rings is 2. The molecule has 0 radical (unpaired) electrons. The van der Waals surface area contributed by atoms with Gasteiger partial charge in [-0.15, -0.1) is 22.7 Å². The SMILES string of the molecule is Nc1noc(-c2ccc(Cl)s2)c1-c1cccs1. The van der Waals surface area contributed by atoms with E-state index in [0.717, 1.165) is 15.3 Å². The molecule has 86 valence electrons. The van der Waals surface area contributed by atoms with Crippen LogP contribution in [0.3, 0.4) is 0 Å². The molecule has 0 amide bonds. The zero-order valence-corrected chi connectivity index (χ0v) is 10.9. The van der Waals surface area contributed by atoms with E-state index in [-0.39, 0.29) is 0 Å². The van der Waals surface area contributed by atoms with Gasteiger partial charge in [0.2, 0.25) is 0 Å². The number of hydrogen-bond donors (Lipinski definition) is 1. The maximum atomic E-state index is 5.92. The Balaban J connectivity index is 2.19. The quantitative estimate of drug-likeness (QED) is 0.759. The third-order valence-corrected chi connectivity index (χ3v) is 4.40. The minimum Gasteiger partial charge on any atom is -0.380 e. The highest BCUT2D eigenvalue weighted by Crippen LogP contribution is 2.41. The van der Waals surface area contributed by atoms with Crippen molar-refractivity contribution in [3.8, 4) is 21.1 Å². The van der Waals surface area contributed by atoms with Crippen LogP contribution in [0.1, 0.15) is 0 Å². The van der Waals surface area contributed by atoms with E-state index >= 15 is 0 Å². The van der Waals surface area contributed by atoms with Gasteiger partial charge < -0.3 is 10.3 Å². The van der Waals surface area contributed by atoms with Crippen LogP contribution in [0, 0.1) is 0 Å². The highest BCUT2D eigenvalue weighted by atomic mass is 35.5. The molecular formula is C11H7ClN2OS2. The van der Waals surface area contributed by atoms with Gasteiger partial charge in [0.1, 0.15) is 0 Å². The minimum atomic E-state index is 0.409. The van der Waals surface area contributed by atoms with E-state index < -0.39 is 0 Å². The van der Waals surface area contributed by atoms with Gasteiger partial charge in [-0.1, -0.05) is 22.8 Å². The second-order valence-electron chi connectivity index (χ2n) is 3.35. The molecule has 3 nitrogen and oxygen atoms in total. The van der Waals surface area contributed by atoms with Gasteiger partial charge >= 0.3 is 0 Å². The van der Waals surface area contributed by atoms with Gasteiger partial charge in [0.05, 0.1) is 14.8 Å². The van der Waals surface area contributed by atoms with Crippen LogP contribution in [0.25, 0.3) is 21.1 Å². The molecule has 0 unspecified atom stereocenters. The predicted molar refractivity (Wildman–Crippen MR) is 72.6 cm³/mol. The third kappa shape index (κ3) is 1.86. The smallest absolute Gasteiger partial charge is 0.187 e. The molecule has 0 fully saturated rings. The first kappa shape index (κ1) is 10.8. The molecule has 3 aromatic heterocycles. The largest absolute Gasteiger partial charge is 0.380 e. The van der Waals surface area contributed by atoms with Crippen molar-refractivity contribution in [1.82, 2.24) is 5.16 Å². The number of hydrogen-bond acceptors (Lipinski definition) is 5. The Morgan fingerprint density at radius 2 is 2.12 bits per heavy atom. The van der Waals surface area contributed by atoms with Crippen molar-refractivity contribution in [3.63, 3.8) is 0 Å². The first-order valence-corrected chi connectivity index (χ1v) is 6.88. The van der Waals surface area contributed by atoms with Gasteiger partial charge in [-0.25, -0.2) is 0 Å². The molecule has 2 N–H and O–H groups in total. The summed E-state index contributed by atoms with van der Waals surface area (Å²) in [5, 5.41) is 5.82. The lowest BCUT2D eigenvalue weighted by Gasteiger charge is -1.96. The molecule has 0 aliphatic rings. The summed E-state index contributed by atoms with van der Waals surface area (Å²) in [6, 6.07) is 7.70. The average molecular weight is 283 g/mol. The molecule has 3 heterocycles. The fraction of sp³-hybridized carbons (Fsp3) is 0. The van der Waals surface area contributed by atoms with Gasteiger partial charge in [0.25, 0.3) is 0 Å². The summed E-state index contributed by atoms with van der Waals surface area (Å²) >= 11 is 8.97. The lowest BCUT2D eigenvalue weighted by atomic mass is 10.2. The summed E-state index contributed by atoms with van der Waals surface area (Å²) < 4.78 is 6.02. The van der Waals surface area contributed by atoms with Crippen LogP contribution in [0.15, 0.2) is 34.2 Å². The third-order valence-electron chi connectivity index (χ3n) is 2.28. The van der Waals surface area contributed by atoms with Crippen LogP contribution in [0.4, 0.5) is 5.82 Å². The number of anilines is 1. The molecule has 0 atom stereocenters. The zero-order chi connectivity index (χ0) is 11.8. The van der Waals surface area contributed by atoms with Crippen molar-refractivity contribution in [2.24, 2.45) is 0 Å². The number of rotatable bonds is 2. The number of nitrogen functional groups attached to an aromatic ring is 1. The Bertz CT molecular complexity index is 642. The van der Waals surface area contributed by atoms with Gasteiger partial charge in [0, 0.05) is 4.88 Å². The number of nitrogens with two attached hydrogens (primary N) is 1. The monoisotopic (exact) mass is 282 g/mol. The molecule has 0 saturated heterocycles. The lowest BCUT2D eigenvalue weighted by Crippen LogP contribution is -1.86. The Kier molecular flexibility index (Phi) is 2.66. The second-order valence-corrected chi connectivity index (χ2v) is 6.02. The lowest BCUT2D eigenvalue weighted by molar-refractivity contribution is 0.437. The molecule has 0 bridgehead atoms. The van der Waals surface area contributed by atoms with Crippen LogP contribution in [-0.4, -0.2) is 5.16 Å². The molecule has 0 aromatic carbocycles. The van der Waals surface area contributed by atoms with E-state index in [0.29, 0.717) is 15.9 Å². The van der Waals surface area contributed by atoms with Crippen molar-refractivity contribution in [3.05, 3.63) is 34.0 Å². The summed E-state index contributed by atoms with van der Waals surface area (Å²) in [6.07, 6.45) is 0. The van der Waals surface area contributed by atoms with E-state index in [9.17, 15) is 0 Å². The topological polar surface area (TPSA) is 52.0 Å². The molecular weight excluding hydrogens is 276 g/mol. The van der Waals surface area contributed by atoms with Crippen LogP contribution >= 0.6 is 34.3 Å². The Morgan fingerprint density at radius 3 is 2.76 bits per heavy atom. The molecule has 0 saturated carbocycles. The van der Waals surface area contributed by atoms with Gasteiger partial charge in [-0.3, -0.25) is 0 Å². The molecule has 0 aliphatic carbocycles. The summed E-state index contributed by atoms with van der Waals surface area (Å²) in [5.41, 5.74) is 6.70. The fourth-order valence-electron chi connectivity index (χ4n) is 1.57. The van der Waals surface area contributed by atoms with Crippen LogP contribution in [-0.2, 0) is 0 Å². The zero-order valence-electron chi connectivity index (χ0n) is 8.51. The number of aromatic nitrogens is 1. The summed E-state index contributed by atoms with van der Waals surface area (Å²) in [6.45, 7) is 0. The molecule has 6 heteroatoms. The van der Waals surface area contributed by atoms with Crippen LogP contribution in [0.2, 0.25) is 4.34 Å². The van der Waals surface area contributed by atoms with Crippen LogP contribution < -0.4 is 5.73 Å². The van der Waals surface area contributed by atoms with E-state index in [1.165, 1.54) is 11.3 Å². The standard InChI is InChI=1S/C11H7ClN2OS2/c12-8-4-3-7(17-8)10-9(11(13)14-15-10)6-2-1-5-16-6/h1-5H,(H2,13,14). The summed E-state index contributed by atoms with van der Waals surface area (Å²) in [7, 11) is 0. The number of nitrogens with zero attached hydrogens (tertiary/aromatic N) is 1.